The summed E-state index contributed by atoms with van der Waals surface area (Å²) >= 11 is 0. The molecule has 3 N–H and O–H groups in total. The minimum Gasteiger partial charge on any atom is -0.460 e. The molecule has 3 heterocycles. The molecule has 372 valence electrons. The van der Waals surface area contributed by atoms with Crippen LogP contribution in [0, 0.1) is 35.5 Å². The number of carbonyl (C=O) groups is 5. The number of cyclic esters (lactones) is 1. The van der Waals surface area contributed by atoms with E-state index >= 15 is 0 Å². The predicted octanol–water partition coefficient (Wildman–Crippen LogP) is 6.22. The highest BCUT2D eigenvalue weighted by Crippen LogP contribution is 2.37. The van der Waals surface area contributed by atoms with Crippen LogP contribution in [0.1, 0.15) is 126 Å². The number of fused-ring (bicyclic) bond motifs is 3. The number of ether oxygens (including phenoxy) is 5. The van der Waals surface area contributed by atoms with Crippen molar-refractivity contribution in [2.45, 2.75) is 180 Å². The third kappa shape index (κ3) is 14.9. The number of aliphatic hydroxyl groups is 3. The highest BCUT2D eigenvalue weighted by molar-refractivity contribution is 6.40. The Morgan fingerprint density at radius 3 is 2.26 bits per heavy atom. The van der Waals surface area contributed by atoms with Gasteiger partial charge in [0.1, 0.15) is 30.1 Å². The topological polar surface area (TPSA) is 195 Å². The maximum Gasteiger partial charge on any atom is 0.323 e. The van der Waals surface area contributed by atoms with Crippen molar-refractivity contribution in [1.29, 1.82) is 0 Å². The molecule has 3 aliphatic heterocycles. The fourth-order valence-corrected chi connectivity index (χ4v) is 10.3. The summed E-state index contributed by atoms with van der Waals surface area (Å²) in [6, 6.07) is -0.874. The highest BCUT2D eigenvalue weighted by atomic mass is 16.6. The summed E-state index contributed by atoms with van der Waals surface area (Å²) in [6.07, 6.45) is 12.0. The predicted molar refractivity (Wildman–Crippen MR) is 250 cm³/mol. The Bertz CT molecular complexity index is 1770. The number of hydrogen-bond donors (Lipinski definition) is 3. The molecular weight excluding hydrogens is 847 g/mol. The van der Waals surface area contributed by atoms with Crippen molar-refractivity contribution in [1.82, 2.24) is 4.90 Å². The second-order valence-electron chi connectivity index (χ2n) is 20.0. The molecule has 2 bridgehead atoms. The molecule has 66 heavy (non-hydrogen) atoms. The fraction of sp³-hybridized carbons (Fsp3) is 0.750. The highest BCUT2D eigenvalue weighted by Gasteiger charge is 2.51. The van der Waals surface area contributed by atoms with E-state index in [4.69, 9.17) is 23.7 Å². The number of ketones is 4. The van der Waals surface area contributed by atoms with Crippen LogP contribution in [0.4, 0.5) is 0 Å². The Balaban J connectivity index is 1.67. The molecular formula is C52H81NO13. The van der Waals surface area contributed by atoms with E-state index in [0.29, 0.717) is 76.3 Å². The number of esters is 1. The van der Waals surface area contributed by atoms with Crippen molar-refractivity contribution in [2.24, 2.45) is 35.5 Å². The first kappa shape index (κ1) is 55.4. The molecule has 15 atom stereocenters. The third-order valence-electron chi connectivity index (χ3n) is 14.7. The summed E-state index contributed by atoms with van der Waals surface area (Å²) in [6.45, 7) is 12.7. The molecule has 0 spiro atoms. The number of Topliss-reactive ketones (excluding diaryl/α,β-unsaturated/α-hetero) is 4. The van der Waals surface area contributed by atoms with Crippen LogP contribution >= 0.6 is 0 Å². The molecule has 14 nitrogen and oxygen atoms in total. The van der Waals surface area contributed by atoms with Gasteiger partial charge in [0.2, 0.25) is 11.6 Å². The zero-order chi connectivity index (χ0) is 48.9. The third-order valence-corrected chi connectivity index (χ3v) is 14.7. The lowest BCUT2D eigenvalue weighted by atomic mass is 9.78. The zero-order valence-electron chi connectivity index (χ0n) is 41.3. The van der Waals surface area contributed by atoms with Crippen molar-refractivity contribution in [3.05, 3.63) is 47.6 Å². The van der Waals surface area contributed by atoms with Gasteiger partial charge in [0, 0.05) is 51.9 Å². The van der Waals surface area contributed by atoms with E-state index < -0.39 is 90.3 Å². The standard InChI is InChI=1S/C52H81NO13/c1-31-16-12-11-13-17-32(2)44(62-8)28-39-21-19-37(7)52(61,66-39)50(59)43(56)30-53-23-15-14-18-40(53)51(60)65-45(34(4)26-38-20-22-41(54)46(27-38)63-9)29-42(55)33(3)25-36(6)48(58)49(64-10)47(57)35(5)24-31/h11-13,16-17,25,31,33-35,37-41,44-46,48-49,54,58,61H,14-15,18-24,26-30H2,1-10H3/b13-11+,16-12+,32-17?,36-25+/t31-,33-,34-,35-,37-,38+,39+,40+,41-,44+,45+,46-,48-,49+,52-/m1/s1. The smallest absolute Gasteiger partial charge is 0.323 e. The number of piperidine rings is 1. The van der Waals surface area contributed by atoms with E-state index in [2.05, 4.69) is 0 Å². The van der Waals surface area contributed by atoms with Crippen molar-refractivity contribution in [2.75, 3.05) is 34.4 Å². The van der Waals surface area contributed by atoms with Gasteiger partial charge in [0.05, 0.1) is 31.0 Å². The average Bonchev–Trinajstić information content (AvgIpc) is 3.28. The summed E-state index contributed by atoms with van der Waals surface area (Å²) in [5, 5.41) is 33.7. The van der Waals surface area contributed by atoms with Gasteiger partial charge in [-0.05, 0) is 107 Å². The van der Waals surface area contributed by atoms with E-state index in [9.17, 15) is 39.3 Å². The minimum absolute atomic E-state index is 0.0191. The lowest BCUT2D eigenvalue weighted by Crippen LogP contribution is -2.58. The van der Waals surface area contributed by atoms with Crippen LogP contribution in [0.15, 0.2) is 47.6 Å². The number of hydrogen-bond acceptors (Lipinski definition) is 14. The second-order valence-corrected chi connectivity index (χ2v) is 20.0. The van der Waals surface area contributed by atoms with Crippen LogP contribution in [0.5, 0.6) is 0 Å². The first-order chi connectivity index (χ1) is 31.2. The van der Waals surface area contributed by atoms with E-state index in [-0.39, 0.29) is 41.8 Å². The molecule has 4 rings (SSSR count). The number of rotatable bonds is 6. The van der Waals surface area contributed by atoms with Gasteiger partial charge >= 0.3 is 5.97 Å². The molecule has 0 aromatic heterocycles. The summed E-state index contributed by atoms with van der Waals surface area (Å²) in [4.78, 5) is 71.6. The summed E-state index contributed by atoms with van der Waals surface area (Å²) in [5.41, 5.74) is 1.29. The number of aliphatic hydroxyl groups excluding tert-OH is 2. The second kappa shape index (κ2) is 26.0. The van der Waals surface area contributed by atoms with E-state index in [1.54, 1.807) is 46.0 Å². The van der Waals surface area contributed by atoms with Crippen molar-refractivity contribution >= 4 is 29.1 Å². The first-order valence-corrected chi connectivity index (χ1v) is 24.4. The fourth-order valence-electron chi connectivity index (χ4n) is 10.3. The number of methoxy groups -OCH3 is 3. The molecule has 2 saturated heterocycles. The minimum atomic E-state index is -2.35. The van der Waals surface area contributed by atoms with E-state index in [0.717, 1.165) is 12.0 Å². The van der Waals surface area contributed by atoms with Crippen molar-refractivity contribution in [3.63, 3.8) is 0 Å². The molecule has 1 saturated carbocycles. The van der Waals surface area contributed by atoms with Gasteiger partial charge in [0.15, 0.2) is 5.78 Å². The molecule has 0 aromatic rings. The van der Waals surface area contributed by atoms with Crippen LogP contribution in [-0.2, 0) is 47.7 Å². The lowest BCUT2D eigenvalue weighted by molar-refractivity contribution is -0.264. The molecule has 0 unspecified atom stereocenters. The Morgan fingerprint density at radius 1 is 0.848 bits per heavy atom. The molecule has 3 fully saturated rings. The summed E-state index contributed by atoms with van der Waals surface area (Å²) in [5.74, 6) is -7.31. The van der Waals surface area contributed by atoms with E-state index in [1.165, 1.54) is 7.11 Å². The number of nitrogens with zero attached hydrogens (tertiary/aromatic N) is 1. The van der Waals surface area contributed by atoms with Gasteiger partial charge in [-0.15, -0.1) is 0 Å². The monoisotopic (exact) mass is 928 g/mol. The number of allylic oxidation sites excluding steroid dienone is 6. The van der Waals surface area contributed by atoms with Crippen molar-refractivity contribution < 1.29 is 63.0 Å². The maximum atomic E-state index is 14.3. The SMILES string of the molecule is CO[C@H]1C[C@@H]2CC[C@@H](C)[C@@](O)(O2)C(=O)C(=O)CN2CCCC[C@H]2C(=O)O[C@H]([C@H](C)C[C@@H]2CC[C@@H](O)[C@H](OC)C2)CC(=O)[C@H](C)/C=C(\C)[C@@H](O)[C@@H](OC)C(=O)[C@H](C)C[C@H](C)/C=C/C=C/C=C1C. The zero-order valence-corrected chi connectivity index (χ0v) is 41.3. The van der Waals surface area contributed by atoms with Gasteiger partial charge in [-0.25, -0.2) is 0 Å². The van der Waals surface area contributed by atoms with Gasteiger partial charge in [0.25, 0.3) is 5.78 Å². The maximum absolute atomic E-state index is 14.3. The molecule has 0 aromatic carbocycles. The van der Waals surface area contributed by atoms with Crippen molar-refractivity contribution in [3.8, 4) is 0 Å². The van der Waals surface area contributed by atoms with Crippen LogP contribution < -0.4 is 0 Å². The van der Waals surface area contributed by atoms with Crippen LogP contribution in [0.3, 0.4) is 0 Å². The Labute approximate surface area is 393 Å². The molecule has 1 aliphatic carbocycles. The lowest BCUT2D eigenvalue weighted by Gasteiger charge is -2.41. The van der Waals surface area contributed by atoms with Gasteiger partial charge < -0.3 is 39.0 Å². The van der Waals surface area contributed by atoms with E-state index in [1.807, 2.05) is 58.1 Å². The normalized spacial score (nSPS) is 39.7. The molecule has 4 aliphatic rings. The van der Waals surface area contributed by atoms with Crippen LogP contribution in [0.2, 0.25) is 0 Å². The number of carbonyl (C=O) groups excluding carboxylic acids is 5. The van der Waals surface area contributed by atoms with Crippen LogP contribution in [-0.4, -0.2) is 138 Å². The van der Waals surface area contributed by atoms with Gasteiger partial charge in [-0.3, -0.25) is 28.9 Å². The molecule has 14 heteroatoms. The molecule has 0 amide bonds. The Hall–Kier alpha value is -3.21. The van der Waals surface area contributed by atoms with Gasteiger partial charge in [-0.1, -0.05) is 77.5 Å². The summed E-state index contributed by atoms with van der Waals surface area (Å²) < 4.78 is 29.4. The quantitative estimate of drug-likeness (QED) is 0.154. The summed E-state index contributed by atoms with van der Waals surface area (Å²) in [7, 11) is 4.54. The van der Waals surface area contributed by atoms with Crippen LogP contribution in [0.25, 0.3) is 0 Å². The molecule has 0 radical (unpaired) electrons. The Morgan fingerprint density at radius 2 is 1.58 bits per heavy atom. The Kier molecular flexibility index (Phi) is 21.8. The van der Waals surface area contributed by atoms with Gasteiger partial charge in [-0.2, -0.15) is 0 Å². The average molecular weight is 928 g/mol. The first-order valence-electron chi connectivity index (χ1n) is 24.4. The largest absolute Gasteiger partial charge is 0.460 e.